The summed E-state index contributed by atoms with van der Waals surface area (Å²) >= 11 is 3.48. The number of thiophene rings is 2. The van der Waals surface area contributed by atoms with Gasteiger partial charge in [0.05, 0.1) is 0 Å². The molecule has 0 bridgehead atoms. The Labute approximate surface area is 130 Å². The third kappa shape index (κ3) is 3.50. The third-order valence-corrected chi connectivity index (χ3v) is 4.94. The molecule has 0 aliphatic heterocycles. The van der Waals surface area contributed by atoms with Crippen molar-refractivity contribution in [3.05, 3.63) is 44.8 Å². The first-order valence-electron chi connectivity index (χ1n) is 7.03. The highest BCUT2D eigenvalue weighted by Crippen LogP contribution is 2.39. The van der Waals surface area contributed by atoms with Gasteiger partial charge in [-0.3, -0.25) is 0 Å². The van der Waals surface area contributed by atoms with Crippen LogP contribution in [0.1, 0.15) is 30.9 Å². The van der Waals surface area contributed by atoms with Crippen LogP contribution >= 0.6 is 22.7 Å². The molecule has 0 radical (unpaired) electrons. The molecule has 0 amide bonds. The fourth-order valence-electron chi connectivity index (χ4n) is 2.46. The zero-order valence-electron chi connectivity index (χ0n) is 12.5. The summed E-state index contributed by atoms with van der Waals surface area (Å²) in [6, 6.07) is 4.38. The van der Waals surface area contributed by atoms with Gasteiger partial charge in [-0.05, 0) is 78.3 Å². The minimum atomic E-state index is -0.272. The van der Waals surface area contributed by atoms with Crippen molar-refractivity contribution in [1.82, 2.24) is 4.90 Å². The Kier molecular flexibility index (Phi) is 5.78. The fourth-order valence-corrected chi connectivity index (χ4v) is 3.90. The Morgan fingerprint density at radius 1 is 1.10 bits per heavy atom. The molecule has 0 unspecified atom stereocenters. The molecule has 0 N–H and O–H groups in total. The monoisotopic (exact) mass is 309 g/mol. The lowest BCUT2D eigenvalue weighted by Gasteiger charge is -2.32. The van der Waals surface area contributed by atoms with Gasteiger partial charge in [-0.1, -0.05) is 6.92 Å². The molecule has 2 heterocycles. The van der Waals surface area contributed by atoms with Crippen LogP contribution in [-0.2, 0) is 10.3 Å². The van der Waals surface area contributed by atoms with Gasteiger partial charge in [-0.25, -0.2) is 0 Å². The second-order valence-electron chi connectivity index (χ2n) is 5.21. The number of ether oxygens (including phenoxy) is 1. The van der Waals surface area contributed by atoms with Gasteiger partial charge in [-0.15, -0.1) is 0 Å². The maximum absolute atomic E-state index is 6.40. The van der Waals surface area contributed by atoms with E-state index in [9.17, 15) is 0 Å². The maximum atomic E-state index is 6.40. The molecule has 4 heteroatoms. The van der Waals surface area contributed by atoms with E-state index in [-0.39, 0.29) is 5.60 Å². The van der Waals surface area contributed by atoms with Crippen LogP contribution in [-0.4, -0.2) is 32.1 Å². The Morgan fingerprint density at radius 3 is 2.10 bits per heavy atom. The van der Waals surface area contributed by atoms with Crippen molar-refractivity contribution in [2.75, 3.05) is 27.2 Å². The Balaban J connectivity index is 2.16. The van der Waals surface area contributed by atoms with Crippen LogP contribution in [0.25, 0.3) is 0 Å². The Hall–Kier alpha value is -0.680. The zero-order chi connectivity index (χ0) is 14.4. The van der Waals surface area contributed by atoms with Crippen LogP contribution in [0.5, 0.6) is 0 Å². The molecule has 2 aromatic heterocycles. The average Bonchev–Trinajstić information content (AvgIpc) is 3.12. The fraction of sp³-hybridized carbons (Fsp3) is 0.500. The topological polar surface area (TPSA) is 12.5 Å². The summed E-state index contributed by atoms with van der Waals surface area (Å²) in [5.74, 6) is 0. The van der Waals surface area contributed by atoms with E-state index in [0.29, 0.717) is 0 Å². The minimum Gasteiger partial charge on any atom is -0.365 e. The third-order valence-electron chi connectivity index (χ3n) is 3.57. The molecule has 0 saturated heterocycles. The first kappa shape index (κ1) is 15.7. The van der Waals surface area contributed by atoms with E-state index in [1.54, 1.807) is 22.7 Å². The van der Waals surface area contributed by atoms with E-state index in [2.05, 4.69) is 59.6 Å². The lowest BCUT2D eigenvalue weighted by atomic mass is 9.87. The summed E-state index contributed by atoms with van der Waals surface area (Å²) < 4.78 is 6.40. The molecule has 20 heavy (non-hydrogen) atoms. The number of nitrogens with zero attached hydrogens (tertiary/aromatic N) is 1. The predicted octanol–water partition coefficient (Wildman–Crippen LogP) is 4.43. The largest absolute Gasteiger partial charge is 0.365 e. The number of hydrogen-bond donors (Lipinski definition) is 0. The highest BCUT2D eigenvalue weighted by atomic mass is 32.1. The molecular weight excluding hydrogens is 286 g/mol. The van der Waals surface area contributed by atoms with Gasteiger partial charge in [0.25, 0.3) is 0 Å². The van der Waals surface area contributed by atoms with Crippen LogP contribution in [0.15, 0.2) is 33.7 Å². The molecule has 0 aliphatic carbocycles. The SMILES string of the molecule is CCC(OCCCN(C)C)(c1ccsc1)c1ccsc1. The van der Waals surface area contributed by atoms with Crippen molar-refractivity contribution in [2.24, 2.45) is 0 Å². The summed E-state index contributed by atoms with van der Waals surface area (Å²) in [6.45, 7) is 4.06. The Morgan fingerprint density at radius 2 is 1.70 bits per heavy atom. The number of rotatable bonds is 8. The maximum Gasteiger partial charge on any atom is 0.119 e. The van der Waals surface area contributed by atoms with Crippen molar-refractivity contribution in [3.63, 3.8) is 0 Å². The molecule has 2 aromatic rings. The van der Waals surface area contributed by atoms with Crippen molar-refractivity contribution in [2.45, 2.75) is 25.4 Å². The van der Waals surface area contributed by atoms with Crippen molar-refractivity contribution >= 4 is 22.7 Å². The van der Waals surface area contributed by atoms with Gasteiger partial charge in [0.2, 0.25) is 0 Å². The van der Waals surface area contributed by atoms with E-state index in [0.717, 1.165) is 26.0 Å². The molecule has 0 saturated carbocycles. The first-order valence-corrected chi connectivity index (χ1v) is 8.91. The summed E-state index contributed by atoms with van der Waals surface area (Å²) in [6.07, 6.45) is 2.02. The standard InChI is InChI=1S/C16H23NOS2/c1-4-16(14-6-10-19-12-14,15-7-11-20-13-15)18-9-5-8-17(2)3/h6-7,10-13H,4-5,8-9H2,1-3H3. The molecule has 0 fully saturated rings. The average molecular weight is 310 g/mol. The van der Waals surface area contributed by atoms with Gasteiger partial charge in [0, 0.05) is 6.61 Å². The second-order valence-corrected chi connectivity index (χ2v) is 6.77. The van der Waals surface area contributed by atoms with Gasteiger partial charge in [-0.2, -0.15) is 22.7 Å². The summed E-state index contributed by atoms with van der Waals surface area (Å²) in [7, 11) is 4.20. The van der Waals surface area contributed by atoms with Gasteiger partial charge in [0.1, 0.15) is 5.60 Å². The van der Waals surface area contributed by atoms with Crippen LogP contribution in [0, 0.1) is 0 Å². The van der Waals surface area contributed by atoms with Gasteiger partial charge in [0.15, 0.2) is 0 Å². The highest BCUT2D eigenvalue weighted by Gasteiger charge is 2.34. The van der Waals surface area contributed by atoms with E-state index < -0.39 is 0 Å². The lowest BCUT2D eigenvalue weighted by Crippen LogP contribution is -2.31. The molecule has 2 rings (SSSR count). The summed E-state index contributed by atoms with van der Waals surface area (Å²) in [4.78, 5) is 2.20. The van der Waals surface area contributed by atoms with Crippen molar-refractivity contribution < 1.29 is 4.74 Å². The number of hydrogen-bond acceptors (Lipinski definition) is 4. The molecular formula is C16H23NOS2. The van der Waals surface area contributed by atoms with Crippen molar-refractivity contribution in [1.29, 1.82) is 0 Å². The summed E-state index contributed by atoms with van der Waals surface area (Å²) in [5.41, 5.74) is 2.30. The molecule has 0 spiro atoms. The predicted molar refractivity (Wildman–Crippen MR) is 88.8 cm³/mol. The van der Waals surface area contributed by atoms with Gasteiger partial charge >= 0.3 is 0 Å². The smallest absolute Gasteiger partial charge is 0.119 e. The molecule has 2 nitrogen and oxygen atoms in total. The lowest BCUT2D eigenvalue weighted by molar-refractivity contribution is -0.0236. The van der Waals surface area contributed by atoms with E-state index in [1.807, 2.05) is 0 Å². The molecule has 0 aliphatic rings. The molecule has 0 aromatic carbocycles. The van der Waals surface area contributed by atoms with E-state index in [1.165, 1.54) is 11.1 Å². The van der Waals surface area contributed by atoms with Crippen LogP contribution < -0.4 is 0 Å². The zero-order valence-corrected chi connectivity index (χ0v) is 14.1. The highest BCUT2D eigenvalue weighted by molar-refractivity contribution is 7.08. The molecule has 0 atom stereocenters. The molecule has 110 valence electrons. The van der Waals surface area contributed by atoms with Gasteiger partial charge < -0.3 is 9.64 Å². The first-order chi connectivity index (χ1) is 9.69. The Bertz CT molecular complexity index is 442. The van der Waals surface area contributed by atoms with E-state index >= 15 is 0 Å². The minimum absolute atomic E-state index is 0.272. The van der Waals surface area contributed by atoms with Crippen LogP contribution in [0.2, 0.25) is 0 Å². The van der Waals surface area contributed by atoms with Crippen LogP contribution in [0.3, 0.4) is 0 Å². The quantitative estimate of drug-likeness (QED) is 0.669. The summed E-state index contributed by atoms with van der Waals surface area (Å²) in [5, 5.41) is 8.70. The normalized spacial score (nSPS) is 12.2. The van der Waals surface area contributed by atoms with Crippen molar-refractivity contribution in [3.8, 4) is 0 Å². The second kappa shape index (κ2) is 7.36. The van der Waals surface area contributed by atoms with Crippen LogP contribution in [0.4, 0.5) is 0 Å². The van der Waals surface area contributed by atoms with E-state index in [4.69, 9.17) is 4.74 Å².